The molecule has 0 rings (SSSR count). The molecule has 0 aromatic rings. The number of carboxylic acids is 1. The highest BCUT2D eigenvalue weighted by atomic mass is 32.2. The molecule has 0 aliphatic carbocycles. The quantitative estimate of drug-likeness (QED) is 0.485. The van der Waals surface area contributed by atoms with Crippen LogP contribution in [-0.2, 0) is 4.79 Å². The number of thioether (sulfide) groups is 1. The molecule has 0 amide bonds. The van der Waals surface area contributed by atoms with Gasteiger partial charge in [0.15, 0.2) is 0 Å². The van der Waals surface area contributed by atoms with Crippen molar-refractivity contribution in [2.24, 2.45) is 5.73 Å². The summed E-state index contributed by atoms with van der Waals surface area (Å²) in [5.41, 5.74) is 5.77. The maximum absolute atomic E-state index is 10.3. The molecule has 0 aliphatic heterocycles. The third-order valence-corrected chi connectivity index (χ3v) is 2.37. The second-order valence-electron chi connectivity index (χ2n) is 2.73. The molecule has 1 atom stereocenters. The summed E-state index contributed by atoms with van der Waals surface area (Å²) in [4.78, 5) is 10.3. The van der Waals surface area contributed by atoms with Crippen molar-refractivity contribution in [2.45, 2.75) is 19.4 Å². The van der Waals surface area contributed by atoms with Crippen LogP contribution in [0.4, 0.5) is 0 Å². The van der Waals surface area contributed by atoms with Crippen LogP contribution in [0.25, 0.3) is 0 Å². The fourth-order valence-electron chi connectivity index (χ4n) is 0.526. The second kappa shape index (κ2) is 6.08. The van der Waals surface area contributed by atoms with E-state index in [1.165, 1.54) is 0 Å². The first-order valence-corrected chi connectivity index (χ1v) is 4.94. The van der Waals surface area contributed by atoms with Crippen LogP contribution >= 0.6 is 11.8 Å². The molecule has 0 saturated carbocycles. The van der Waals surface area contributed by atoms with Gasteiger partial charge < -0.3 is 10.8 Å². The first-order chi connectivity index (χ1) is 5.54. The molecule has 3 N–H and O–H groups in total. The highest BCUT2D eigenvalue weighted by Gasteiger charge is 2.03. The Balaban J connectivity index is 3.32. The predicted octanol–water partition coefficient (Wildman–Crippen LogP) is 1.10. The molecular formula is C8H15NO2S. The summed E-state index contributed by atoms with van der Waals surface area (Å²) in [6.45, 7) is 5.36. The summed E-state index contributed by atoms with van der Waals surface area (Å²) in [6.07, 6.45) is 0.914. The molecule has 4 heteroatoms. The van der Waals surface area contributed by atoms with Crippen LogP contribution in [0.1, 0.15) is 13.3 Å². The number of carboxylic acid groups (broad SMARTS) is 1. The van der Waals surface area contributed by atoms with E-state index in [1.54, 1.807) is 11.8 Å². The Morgan fingerprint density at radius 2 is 2.33 bits per heavy atom. The average Bonchev–Trinajstić information content (AvgIpc) is 1.97. The summed E-state index contributed by atoms with van der Waals surface area (Å²) >= 11 is 1.56. The molecule has 0 bridgehead atoms. The summed E-state index contributed by atoms with van der Waals surface area (Å²) in [5, 5.41) is 8.45. The van der Waals surface area contributed by atoms with Crippen molar-refractivity contribution in [1.29, 1.82) is 0 Å². The maximum atomic E-state index is 10.3. The smallest absolute Gasteiger partial charge is 0.331 e. The van der Waals surface area contributed by atoms with Crippen molar-refractivity contribution in [2.75, 3.05) is 11.5 Å². The van der Waals surface area contributed by atoms with Crippen molar-refractivity contribution >= 4 is 17.7 Å². The largest absolute Gasteiger partial charge is 0.478 e. The van der Waals surface area contributed by atoms with Gasteiger partial charge in [-0.15, -0.1) is 0 Å². The third kappa shape index (κ3) is 6.24. The van der Waals surface area contributed by atoms with Gasteiger partial charge in [0.1, 0.15) is 0 Å². The molecule has 0 fully saturated rings. The van der Waals surface area contributed by atoms with Gasteiger partial charge >= 0.3 is 5.97 Å². The van der Waals surface area contributed by atoms with Gasteiger partial charge in [-0.25, -0.2) is 4.79 Å². The van der Waals surface area contributed by atoms with Crippen LogP contribution in [-0.4, -0.2) is 28.6 Å². The minimum Gasteiger partial charge on any atom is -0.478 e. The van der Waals surface area contributed by atoms with Gasteiger partial charge in [0.2, 0.25) is 0 Å². The van der Waals surface area contributed by atoms with Crippen LogP contribution in [0.2, 0.25) is 0 Å². The second-order valence-corrected chi connectivity index (χ2v) is 3.83. The van der Waals surface area contributed by atoms with E-state index in [2.05, 4.69) is 6.58 Å². The molecule has 0 heterocycles. The Kier molecular flexibility index (Phi) is 5.84. The van der Waals surface area contributed by atoms with Gasteiger partial charge in [0, 0.05) is 17.4 Å². The van der Waals surface area contributed by atoms with Gasteiger partial charge in [0.25, 0.3) is 0 Å². The Morgan fingerprint density at radius 1 is 1.75 bits per heavy atom. The first kappa shape index (κ1) is 11.5. The molecule has 0 spiro atoms. The summed E-state index contributed by atoms with van der Waals surface area (Å²) < 4.78 is 0. The maximum Gasteiger partial charge on any atom is 0.331 e. The summed E-state index contributed by atoms with van der Waals surface area (Å²) in [7, 11) is 0. The van der Waals surface area contributed by atoms with Gasteiger partial charge in [-0.05, 0) is 19.1 Å². The minimum atomic E-state index is -0.914. The highest BCUT2D eigenvalue weighted by Crippen LogP contribution is 2.08. The number of hydrogen-bond acceptors (Lipinski definition) is 3. The lowest BCUT2D eigenvalue weighted by Gasteiger charge is -2.03. The number of rotatable bonds is 6. The average molecular weight is 189 g/mol. The minimum absolute atomic E-state index is 0.190. The highest BCUT2D eigenvalue weighted by molar-refractivity contribution is 7.99. The molecule has 70 valence electrons. The molecule has 0 radical (unpaired) electrons. The number of carbonyl (C=O) groups is 1. The zero-order valence-corrected chi connectivity index (χ0v) is 8.06. The summed E-state index contributed by atoms with van der Waals surface area (Å²) in [5.74, 6) is 0.467. The van der Waals surface area contributed by atoms with E-state index in [4.69, 9.17) is 10.8 Å². The van der Waals surface area contributed by atoms with Gasteiger partial charge in [-0.2, -0.15) is 11.8 Å². The number of nitrogens with two attached hydrogens (primary N) is 1. The van der Waals surface area contributed by atoms with Gasteiger partial charge in [-0.1, -0.05) is 6.58 Å². The zero-order valence-electron chi connectivity index (χ0n) is 7.25. The van der Waals surface area contributed by atoms with Gasteiger partial charge in [0.05, 0.1) is 0 Å². The molecule has 3 nitrogen and oxygen atoms in total. The van der Waals surface area contributed by atoms with Crippen molar-refractivity contribution in [3.05, 3.63) is 12.2 Å². The Hall–Kier alpha value is -0.480. The summed E-state index contributed by atoms with van der Waals surface area (Å²) in [6, 6.07) is 0.190. The lowest BCUT2D eigenvalue weighted by molar-refractivity contribution is -0.132. The van der Waals surface area contributed by atoms with E-state index < -0.39 is 5.97 Å². The lowest BCUT2D eigenvalue weighted by Crippen LogP contribution is -2.15. The van der Waals surface area contributed by atoms with E-state index >= 15 is 0 Å². The molecule has 1 unspecified atom stereocenters. The van der Waals surface area contributed by atoms with E-state index in [0.717, 1.165) is 12.2 Å². The zero-order chi connectivity index (χ0) is 9.56. The fraction of sp³-hybridized carbons (Fsp3) is 0.625. The first-order valence-electron chi connectivity index (χ1n) is 3.78. The van der Waals surface area contributed by atoms with E-state index in [1.807, 2.05) is 6.92 Å². The van der Waals surface area contributed by atoms with Crippen molar-refractivity contribution in [3.8, 4) is 0 Å². The van der Waals surface area contributed by atoms with Crippen LogP contribution in [0.15, 0.2) is 12.2 Å². The van der Waals surface area contributed by atoms with E-state index in [9.17, 15) is 4.79 Å². The molecule has 0 aliphatic rings. The standard InChI is InChI=1S/C8H15NO2S/c1-6(8(10)11)5-12-4-3-7(2)9/h7H,1,3-5,9H2,2H3,(H,10,11). The van der Waals surface area contributed by atoms with E-state index in [0.29, 0.717) is 5.75 Å². The Morgan fingerprint density at radius 3 is 2.75 bits per heavy atom. The molecular weight excluding hydrogens is 174 g/mol. The number of aliphatic carboxylic acids is 1. The van der Waals surface area contributed by atoms with Crippen LogP contribution in [0.3, 0.4) is 0 Å². The van der Waals surface area contributed by atoms with Crippen molar-refractivity contribution in [1.82, 2.24) is 0 Å². The molecule has 12 heavy (non-hydrogen) atoms. The number of hydrogen-bond donors (Lipinski definition) is 2. The van der Waals surface area contributed by atoms with Crippen molar-refractivity contribution < 1.29 is 9.90 Å². The topological polar surface area (TPSA) is 63.3 Å². The van der Waals surface area contributed by atoms with Crippen LogP contribution in [0.5, 0.6) is 0 Å². The van der Waals surface area contributed by atoms with Crippen LogP contribution in [0, 0.1) is 0 Å². The van der Waals surface area contributed by atoms with Gasteiger partial charge in [-0.3, -0.25) is 0 Å². The SMILES string of the molecule is C=C(CSCCC(C)N)C(=O)O. The Bertz CT molecular complexity index is 168. The monoisotopic (exact) mass is 189 g/mol. The Labute approximate surface area is 77.0 Å². The molecule has 0 saturated heterocycles. The normalized spacial score (nSPS) is 12.5. The predicted molar refractivity (Wildman–Crippen MR) is 52.4 cm³/mol. The third-order valence-electron chi connectivity index (χ3n) is 1.30. The van der Waals surface area contributed by atoms with Crippen LogP contribution < -0.4 is 5.73 Å². The molecule has 0 aromatic carbocycles. The fourth-order valence-corrected chi connectivity index (χ4v) is 1.58. The lowest BCUT2D eigenvalue weighted by atomic mass is 10.3. The molecule has 0 aromatic heterocycles. The van der Waals surface area contributed by atoms with E-state index in [-0.39, 0.29) is 11.6 Å². The van der Waals surface area contributed by atoms with Crippen molar-refractivity contribution in [3.63, 3.8) is 0 Å².